The van der Waals surface area contributed by atoms with Gasteiger partial charge in [0.25, 0.3) is 0 Å². The third kappa shape index (κ3) is 15.1. The van der Waals surface area contributed by atoms with Gasteiger partial charge >= 0.3 is 64.0 Å². The molecule has 0 bridgehead atoms. The van der Waals surface area contributed by atoms with Crippen molar-refractivity contribution in [3.63, 3.8) is 0 Å². The van der Waals surface area contributed by atoms with E-state index in [-0.39, 0.29) is 58.9 Å². The van der Waals surface area contributed by atoms with Gasteiger partial charge in [0, 0.05) is 0 Å². The van der Waals surface area contributed by atoms with Gasteiger partial charge in [-0.1, -0.05) is 18.2 Å². The molecular weight excluding hydrogens is 277 g/mol. The summed E-state index contributed by atoms with van der Waals surface area (Å²) in [6.07, 6.45) is -0.593. The molecule has 6 nitrogen and oxygen atoms in total. The molecule has 1 rings (SSSR count). The van der Waals surface area contributed by atoms with Crippen LogP contribution in [-0.2, 0) is 9.59 Å². The molecule has 0 fully saturated rings. The molecule has 0 aliphatic rings. The van der Waals surface area contributed by atoms with Crippen LogP contribution in [0.5, 0.6) is 0 Å². The number of carboxylic acid groups (broad SMARTS) is 3. The summed E-state index contributed by atoms with van der Waals surface area (Å²) in [6.45, 7) is 0. The average molecular weight is 293 g/mol. The van der Waals surface area contributed by atoms with Crippen LogP contribution in [0.2, 0.25) is 0 Å². The van der Waals surface area contributed by atoms with Gasteiger partial charge in [-0.2, -0.15) is 0 Å². The normalized spacial score (nSPS) is 7.79. The highest BCUT2D eigenvalue weighted by atomic mass is 24.3. The van der Waals surface area contributed by atoms with Crippen LogP contribution in [0.3, 0.4) is 0 Å². The lowest BCUT2D eigenvalue weighted by molar-refractivity contribution is -0.143. The molecule has 1 aromatic carbocycles. The van der Waals surface area contributed by atoms with Crippen molar-refractivity contribution in [3.05, 3.63) is 35.9 Å². The van der Waals surface area contributed by atoms with Crippen molar-refractivity contribution in [2.24, 2.45) is 0 Å². The van der Waals surface area contributed by atoms with Gasteiger partial charge in [0.1, 0.15) is 0 Å². The van der Waals surface area contributed by atoms with E-state index in [0.29, 0.717) is 5.56 Å². The largest absolute Gasteiger partial charge is 0.481 e. The van der Waals surface area contributed by atoms with E-state index in [4.69, 9.17) is 15.3 Å². The van der Waals surface area contributed by atoms with Gasteiger partial charge in [0.05, 0.1) is 18.4 Å². The second-order valence-corrected chi connectivity index (χ2v) is 2.96. The van der Waals surface area contributed by atoms with Crippen molar-refractivity contribution >= 4 is 64.0 Å². The first-order valence-electron chi connectivity index (χ1n) is 4.65. The van der Waals surface area contributed by atoms with E-state index in [0.717, 1.165) is 0 Å². The summed E-state index contributed by atoms with van der Waals surface area (Å²) in [5.41, 5.74) is 0.331. The van der Waals surface area contributed by atoms with Crippen LogP contribution in [0.1, 0.15) is 23.2 Å². The maximum absolute atomic E-state index is 10.2. The van der Waals surface area contributed by atoms with E-state index in [1.807, 2.05) is 0 Å². The molecule has 0 heterocycles. The number of aromatic carboxylic acids is 1. The number of rotatable bonds is 4. The van der Waals surface area contributed by atoms with Gasteiger partial charge in [-0.25, -0.2) is 4.79 Å². The molecule has 1 aromatic rings. The van der Waals surface area contributed by atoms with Crippen LogP contribution in [0.25, 0.3) is 0 Å². The van der Waals surface area contributed by atoms with E-state index in [1.165, 1.54) is 0 Å². The molecule has 0 aromatic heterocycles. The highest BCUT2D eigenvalue weighted by Gasteiger charge is 2.00. The Bertz CT molecular complexity index is 379. The lowest BCUT2D eigenvalue weighted by Gasteiger charge is -1.88. The molecule has 0 unspecified atom stereocenters. The van der Waals surface area contributed by atoms with Gasteiger partial charge in [0.15, 0.2) is 0 Å². The second-order valence-electron chi connectivity index (χ2n) is 2.96. The number of hydrogen-bond donors (Lipinski definition) is 3. The van der Waals surface area contributed by atoms with E-state index in [9.17, 15) is 14.4 Å². The molecule has 0 amide bonds. The van der Waals surface area contributed by atoms with E-state index in [2.05, 4.69) is 0 Å². The summed E-state index contributed by atoms with van der Waals surface area (Å²) >= 11 is 0. The minimum absolute atomic E-state index is 0. The van der Waals surface area contributed by atoms with E-state index in [1.54, 1.807) is 30.3 Å². The maximum Gasteiger partial charge on any atom is 0.335 e. The Labute approximate surface area is 142 Å². The number of carbonyl (C=O) groups is 3. The monoisotopic (exact) mass is 292 g/mol. The third-order valence-corrected chi connectivity index (χ3v) is 1.57. The zero-order valence-corrected chi connectivity index (χ0v) is 8.87. The Morgan fingerprint density at radius 3 is 1.37 bits per heavy atom. The highest BCUT2D eigenvalue weighted by molar-refractivity contribution is 5.87. The Hall–Kier alpha value is -0.838. The van der Waals surface area contributed by atoms with Crippen LogP contribution in [0.15, 0.2) is 30.3 Å². The van der Waals surface area contributed by atoms with Gasteiger partial charge < -0.3 is 15.3 Å². The summed E-state index contributed by atoms with van der Waals surface area (Å²) < 4.78 is 0. The van der Waals surface area contributed by atoms with Crippen molar-refractivity contribution < 1.29 is 29.7 Å². The molecule has 19 heavy (non-hydrogen) atoms. The standard InChI is InChI=1S/C7H6O2.C4H6O4.2Mg.4H/c8-7(9)6-4-2-1-3-5-6;5-3(6)1-2-4(7)8;;;;;;/h1-5H,(H,8,9);1-2H2,(H,5,6)(H,7,8);;;;;;. The topological polar surface area (TPSA) is 112 Å². The molecule has 0 spiro atoms. The highest BCUT2D eigenvalue weighted by Crippen LogP contribution is 1.96. The van der Waals surface area contributed by atoms with Gasteiger partial charge in [-0.3, -0.25) is 9.59 Å². The first-order chi connectivity index (χ1) is 7.93. The minimum atomic E-state index is -1.08. The molecule has 0 aliphatic carbocycles. The predicted molar refractivity (Wildman–Crippen MR) is 75.0 cm³/mol. The van der Waals surface area contributed by atoms with Gasteiger partial charge in [0.2, 0.25) is 0 Å². The molecule has 0 saturated carbocycles. The van der Waals surface area contributed by atoms with E-state index < -0.39 is 17.9 Å². The zero-order chi connectivity index (χ0) is 13.3. The zero-order valence-electron chi connectivity index (χ0n) is 8.87. The van der Waals surface area contributed by atoms with Crippen LogP contribution >= 0.6 is 0 Å². The number of aliphatic carboxylic acids is 2. The molecule has 0 atom stereocenters. The number of carboxylic acids is 3. The summed E-state index contributed by atoms with van der Waals surface area (Å²) in [6, 6.07) is 8.30. The fourth-order valence-corrected chi connectivity index (χ4v) is 0.795. The summed E-state index contributed by atoms with van der Waals surface area (Å²) in [4.78, 5) is 29.5. The van der Waals surface area contributed by atoms with Crippen molar-refractivity contribution in [1.82, 2.24) is 0 Å². The third-order valence-electron chi connectivity index (χ3n) is 1.57. The molecule has 8 heteroatoms. The second kappa shape index (κ2) is 13.6. The fourth-order valence-electron chi connectivity index (χ4n) is 0.795. The molecule has 3 N–H and O–H groups in total. The number of hydrogen-bond acceptors (Lipinski definition) is 3. The van der Waals surface area contributed by atoms with Crippen LogP contribution in [0.4, 0.5) is 0 Å². The molecular formula is C11H16Mg2O6. The lowest BCUT2D eigenvalue weighted by Crippen LogP contribution is -2.00. The van der Waals surface area contributed by atoms with Crippen molar-refractivity contribution in [1.29, 1.82) is 0 Å². The first-order valence-corrected chi connectivity index (χ1v) is 4.65. The SMILES string of the molecule is O=C(O)CCC(=O)O.O=C(O)c1ccccc1.[MgH2].[MgH2]. The Kier molecular flexibility index (Phi) is 16.6. The molecule has 0 radical (unpaired) electrons. The summed E-state index contributed by atoms with van der Waals surface area (Å²) in [7, 11) is 0. The lowest BCUT2D eigenvalue weighted by atomic mass is 10.2. The minimum Gasteiger partial charge on any atom is -0.481 e. The predicted octanol–water partition coefficient (Wildman–Crippen LogP) is -0.512. The van der Waals surface area contributed by atoms with Gasteiger partial charge in [-0.05, 0) is 12.1 Å². The van der Waals surface area contributed by atoms with Crippen LogP contribution in [-0.4, -0.2) is 79.3 Å². The van der Waals surface area contributed by atoms with Crippen LogP contribution < -0.4 is 0 Å². The Balaban J connectivity index is -0.000000246. The molecule has 100 valence electrons. The van der Waals surface area contributed by atoms with Crippen molar-refractivity contribution in [2.75, 3.05) is 0 Å². The Morgan fingerprint density at radius 1 is 0.789 bits per heavy atom. The van der Waals surface area contributed by atoms with Gasteiger partial charge in [-0.15, -0.1) is 0 Å². The molecule has 0 saturated heterocycles. The first kappa shape index (κ1) is 23.3. The van der Waals surface area contributed by atoms with Crippen LogP contribution in [0, 0.1) is 0 Å². The summed E-state index contributed by atoms with van der Waals surface area (Å²) in [5.74, 6) is -3.03. The fraction of sp³-hybridized carbons (Fsp3) is 0.182. The van der Waals surface area contributed by atoms with Crippen molar-refractivity contribution in [3.8, 4) is 0 Å². The smallest absolute Gasteiger partial charge is 0.335 e. The Morgan fingerprint density at radius 2 is 1.16 bits per heavy atom. The summed E-state index contributed by atoms with van der Waals surface area (Å²) in [5, 5.41) is 24.2. The van der Waals surface area contributed by atoms with Crippen molar-refractivity contribution in [2.45, 2.75) is 12.8 Å². The van der Waals surface area contributed by atoms with E-state index >= 15 is 0 Å². The average Bonchev–Trinajstić information content (AvgIpc) is 2.28. The quantitative estimate of drug-likeness (QED) is 0.644. The molecule has 0 aliphatic heterocycles. The maximum atomic E-state index is 10.2. The number of benzene rings is 1.